The summed E-state index contributed by atoms with van der Waals surface area (Å²) in [6.45, 7) is 2.77. The predicted molar refractivity (Wildman–Crippen MR) is 122 cm³/mol. The van der Waals surface area contributed by atoms with Gasteiger partial charge in [-0.25, -0.2) is 4.98 Å². The number of aryl methyl sites for hydroxylation is 2. The highest BCUT2D eigenvalue weighted by atomic mass is 32.1. The highest BCUT2D eigenvalue weighted by Gasteiger charge is 2.31. The second-order valence-corrected chi connectivity index (χ2v) is 8.94. The van der Waals surface area contributed by atoms with Gasteiger partial charge in [-0.3, -0.25) is 24.5 Å². The van der Waals surface area contributed by atoms with Crippen molar-refractivity contribution in [2.24, 2.45) is 7.05 Å². The first-order chi connectivity index (χ1) is 16.1. The third kappa shape index (κ3) is 5.45. The normalized spacial score (nSPS) is 16.6. The Morgan fingerprint density at radius 2 is 1.94 bits per heavy atom. The molecule has 1 aliphatic rings. The van der Waals surface area contributed by atoms with E-state index in [1.807, 2.05) is 17.2 Å². The fourth-order valence-corrected chi connectivity index (χ4v) is 4.68. The van der Waals surface area contributed by atoms with Gasteiger partial charge in [-0.1, -0.05) is 0 Å². The van der Waals surface area contributed by atoms with Crippen molar-refractivity contribution in [1.29, 1.82) is 0 Å². The number of likely N-dealkylation sites (tertiary alicyclic amines) is 1. The summed E-state index contributed by atoms with van der Waals surface area (Å²) in [7, 11) is 1.79. The first-order valence-electron chi connectivity index (χ1n) is 10.6. The van der Waals surface area contributed by atoms with E-state index in [1.165, 1.54) is 11.3 Å². The van der Waals surface area contributed by atoms with Crippen LogP contribution in [0.4, 0.5) is 24.0 Å². The quantitative estimate of drug-likeness (QED) is 0.537. The Labute approximate surface area is 197 Å². The van der Waals surface area contributed by atoms with Crippen molar-refractivity contribution >= 4 is 34.0 Å². The Morgan fingerprint density at radius 1 is 1.21 bits per heavy atom. The van der Waals surface area contributed by atoms with E-state index in [9.17, 15) is 22.8 Å². The van der Waals surface area contributed by atoms with Crippen LogP contribution in [0.2, 0.25) is 0 Å². The molecule has 0 saturated carbocycles. The number of thiazole rings is 1. The Balaban J connectivity index is 1.37. The van der Waals surface area contributed by atoms with Gasteiger partial charge in [-0.2, -0.15) is 18.3 Å². The maximum Gasteiger partial charge on any atom is 0.416 e. The van der Waals surface area contributed by atoms with Crippen molar-refractivity contribution in [1.82, 2.24) is 19.7 Å². The van der Waals surface area contributed by atoms with Crippen molar-refractivity contribution in [2.75, 3.05) is 23.7 Å². The van der Waals surface area contributed by atoms with Gasteiger partial charge in [0.15, 0.2) is 5.13 Å². The van der Waals surface area contributed by atoms with Crippen molar-refractivity contribution < 1.29 is 22.8 Å². The molecule has 12 heteroatoms. The largest absolute Gasteiger partial charge is 0.416 e. The van der Waals surface area contributed by atoms with Crippen LogP contribution in [0.25, 0.3) is 0 Å². The molecule has 2 amide bonds. The average Bonchev–Trinajstić information content (AvgIpc) is 3.48. The number of anilines is 2. The number of aromatic nitrogens is 3. The number of carbonyl (C=O) groups is 2. The highest BCUT2D eigenvalue weighted by Crippen LogP contribution is 2.34. The smallest absolute Gasteiger partial charge is 0.322 e. The zero-order valence-corrected chi connectivity index (χ0v) is 19.3. The average molecular weight is 493 g/mol. The Kier molecular flexibility index (Phi) is 6.71. The maximum absolute atomic E-state index is 12.7. The van der Waals surface area contributed by atoms with Crippen LogP contribution in [-0.4, -0.2) is 44.6 Å². The third-order valence-corrected chi connectivity index (χ3v) is 6.33. The fraction of sp³-hybridized carbons (Fsp3) is 0.364. The van der Waals surface area contributed by atoms with Gasteiger partial charge in [0, 0.05) is 24.2 Å². The van der Waals surface area contributed by atoms with Crippen LogP contribution in [0.1, 0.15) is 46.2 Å². The van der Waals surface area contributed by atoms with Gasteiger partial charge in [0.2, 0.25) is 5.91 Å². The van der Waals surface area contributed by atoms with E-state index < -0.39 is 17.6 Å². The minimum Gasteiger partial charge on any atom is -0.322 e. The fourth-order valence-electron chi connectivity index (χ4n) is 3.92. The van der Waals surface area contributed by atoms with Gasteiger partial charge in [0.1, 0.15) is 0 Å². The molecule has 0 radical (unpaired) electrons. The topological polar surface area (TPSA) is 92.2 Å². The summed E-state index contributed by atoms with van der Waals surface area (Å²) in [6.07, 6.45) is -0.968. The molecule has 0 bridgehead atoms. The second kappa shape index (κ2) is 9.55. The number of hydrogen-bond acceptors (Lipinski definition) is 6. The standard InChI is InChI=1S/C22H23F3N6O2S/c1-13-16(10-30(2)29-13)26-19(32)11-31-9-3-4-18(31)17-12-34-21(27-17)28-20(33)14-5-7-15(8-6-14)22(23,24)25/h5-8,10,12,18H,3-4,9,11H2,1-2H3,(H,26,32)(H,27,28,33). The van der Waals surface area contributed by atoms with E-state index >= 15 is 0 Å². The van der Waals surface area contributed by atoms with Gasteiger partial charge >= 0.3 is 6.18 Å². The molecular weight excluding hydrogens is 469 g/mol. The molecule has 2 aromatic heterocycles. The lowest BCUT2D eigenvalue weighted by Gasteiger charge is -2.22. The van der Waals surface area contributed by atoms with E-state index in [4.69, 9.17) is 0 Å². The molecule has 8 nitrogen and oxygen atoms in total. The summed E-state index contributed by atoms with van der Waals surface area (Å²) in [5.41, 5.74) is 1.45. The van der Waals surface area contributed by atoms with E-state index in [0.29, 0.717) is 10.8 Å². The SMILES string of the molecule is Cc1nn(C)cc1NC(=O)CN1CCCC1c1csc(NC(=O)c2ccc(C(F)(F)F)cc2)n1. The monoisotopic (exact) mass is 492 g/mol. The Hall–Kier alpha value is -3.25. The first-order valence-corrected chi connectivity index (χ1v) is 11.5. The molecule has 180 valence electrons. The summed E-state index contributed by atoms with van der Waals surface area (Å²) in [6, 6.07) is 3.95. The molecule has 0 spiro atoms. The lowest BCUT2D eigenvalue weighted by atomic mass is 10.1. The van der Waals surface area contributed by atoms with E-state index in [1.54, 1.807) is 17.9 Å². The molecule has 3 heterocycles. The molecule has 1 aromatic carbocycles. The van der Waals surface area contributed by atoms with E-state index in [-0.39, 0.29) is 24.1 Å². The van der Waals surface area contributed by atoms with Crippen LogP contribution in [-0.2, 0) is 18.0 Å². The van der Waals surface area contributed by atoms with Crippen LogP contribution >= 0.6 is 11.3 Å². The second-order valence-electron chi connectivity index (χ2n) is 8.09. The molecular formula is C22H23F3N6O2S. The Morgan fingerprint density at radius 3 is 2.59 bits per heavy atom. The maximum atomic E-state index is 12.7. The summed E-state index contributed by atoms with van der Waals surface area (Å²) < 4.78 is 39.8. The van der Waals surface area contributed by atoms with Crippen molar-refractivity contribution in [2.45, 2.75) is 32.0 Å². The zero-order valence-electron chi connectivity index (χ0n) is 18.5. The molecule has 4 rings (SSSR count). The van der Waals surface area contributed by atoms with Crippen molar-refractivity contribution in [3.05, 3.63) is 58.4 Å². The number of amides is 2. The van der Waals surface area contributed by atoms with Crippen molar-refractivity contribution in [3.8, 4) is 0 Å². The van der Waals surface area contributed by atoms with Gasteiger partial charge in [0.25, 0.3) is 5.91 Å². The molecule has 1 saturated heterocycles. The molecule has 3 aromatic rings. The van der Waals surface area contributed by atoms with Gasteiger partial charge in [-0.15, -0.1) is 11.3 Å². The number of nitrogens with zero attached hydrogens (tertiary/aromatic N) is 4. The number of nitrogens with one attached hydrogen (secondary N) is 2. The zero-order chi connectivity index (χ0) is 24.5. The summed E-state index contributed by atoms with van der Waals surface area (Å²) >= 11 is 1.23. The lowest BCUT2D eigenvalue weighted by Crippen LogP contribution is -2.33. The number of hydrogen-bond donors (Lipinski definition) is 2. The lowest BCUT2D eigenvalue weighted by molar-refractivity contribution is -0.137. The van der Waals surface area contributed by atoms with E-state index in [0.717, 1.165) is 55.0 Å². The number of alkyl halides is 3. The summed E-state index contributed by atoms with van der Waals surface area (Å²) in [4.78, 5) is 31.5. The Bertz CT molecular complexity index is 1190. The van der Waals surface area contributed by atoms with Gasteiger partial charge in [-0.05, 0) is 50.6 Å². The van der Waals surface area contributed by atoms with Crippen LogP contribution in [0.15, 0.2) is 35.8 Å². The minimum atomic E-state index is -4.46. The highest BCUT2D eigenvalue weighted by molar-refractivity contribution is 7.14. The van der Waals surface area contributed by atoms with Gasteiger partial charge < -0.3 is 5.32 Å². The molecule has 1 unspecified atom stereocenters. The summed E-state index contributed by atoms with van der Waals surface area (Å²) in [5, 5.41) is 11.9. The third-order valence-electron chi connectivity index (χ3n) is 5.56. The van der Waals surface area contributed by atoms with Crippen LogP contribution in [0.3, 0.4) is 0 Å². The number of halogens is 3. The van der Waals surface area contributed by atoms with Crippen LogP contribution < -0.4 is 10.6 Å². The molecule has 34 heavy (non-hydrogen) atoms. The van der Waals surface area contributed by atoms with Gasteiger partial charge in [0.05, 0.1) is 35.2 Å². The minimum absolute atomic E-state index is 0.0614. The molecule has 0 aliphatic carbocycles. The number of benzene rings is 1. The molecule has 1 aliphatic heterocycles. The van der Waals surface area contributed by atoms with Crippen LogP contribution in [0, 0.1) is 6.92 Å². The molecule has 1 atom stereocenters. The van der Waals surface area contributed by atoms with Crippen molar-refractivity contribution in [3.63, 3.8) is 0 Å². The number of carbonyl (C=O) groups excluding carboxylic acids is 2. The molecule has 1 fully saturated rings. The predicted octanol–water partition coefficient (Wildman–Crippen LogP) is 4.23. The van der Waals surface area contributed by atoms with E-state index in [2.05, 4.69) is 20.7 Å². The molecule has 2 N–H and O–H groups in total. The summed E-state index contributed by atoms with van der Waals surface area (Å²) in [5.74, 6) is -0.682. The number of rotatable bonds is 6. The first kappa shape index (κ1) is 23.9. The van der Waals surface area contributed by atoms with Crippen LogP contribution in [0.5, 0.6) is 0 Å².